The molecule has 0 fully saturated rings. The summed E-state index contributed by atoms with van der Waals surface area (Å²) in [6.45, 7) is 1.90. The highest BCUT2D eigenvalue weighted by Crippen LogP contribution is 2.23. The Hall–Kier alpha value is -2.83. The van der Waals surface area contributed by atoms with Crippen molar-refractivity contribution in [2.75, 3.05) is 20.2 Å². The first-order chi connectivity index (χ1) is 13.2. The predicted octanol–water partition coefficient (Wildman–Crippen LogP) is 3.02. The summed E-state index contributed by atoms with van der Waals surface area (Å²) < 4.78 is 20.7. The first kappa shape index (κ1) is 17.6. The molecule has 0 aliphatic carbocycles. The maximum absolute atomic E-state index is 14.2. The van der Waals surface area contributed by atoms with Crippen molar-refractivity contribution in [3.8, 4) is 11.1 Å². The normalized spacial score (nSPS) is 14.4. The Morgan fingerprint density at radius 2 is 2.07 bits per heavy atom. The number of halogens is 1. The Morgan fingerprint density at radius 1 is 1.22 bits per heavy atom. The van der Waals surface area contributed by atoms with Crippen molar-refractivity contribution in [3.63, 3.8) is 0 Å². The molecule has 2 aromatic heterocycles. The van der Waals surface area contributed by atoms with E-state index < -0.39 is 0 Å². The van der Waals surface area contributed by atoms with Crippen molar-refractivity contribution in [1.29, 1.82) is 0 Å². The molecule has 138 valence electrons. The Morgan fingerprint density at radius 3 is 2.81 bits per heavy atom. The van der Waals surface area contributed by atoms with Crippen LogP contribution in [-0.4, -0.2) is 29.6 Å². The molecular weight excluding hydrogens is 345 g/mol. The Balaban J connectivity index is 1.74. The smallest absolute Gasteiger partial charge is 0.258 e. The lowest BCUT2D eigenvalue weighted by Gasteiger charge is -2.14. The minimum Gasteiger partial charge on any atom is -0.380 e. The van der Waals surface area contributed by atoms with E-state index in [-0.39, 0.29) is 18.0 Å². The zero-order chi connectivity index (χ0) is 18.8. The number of hydrogen-bond acceptors (Lipinski definition) is 4. The van der Waals surface area contributed by atoms with Gasteiger partial charge >= 0.3 is 0 Å². The van der Waals surface area contributed by atoms with Crippen LogP contribution in [0.3, 0.4) is 0 Å². The second-order valence-electron chi connectivity index (χ2n) is 6.55. The molecule has 0 saturated carbocycles. The van der Waals surface area contributed by atoms with E-state index in [9.17, 15) is 9.18 Å². The number of benzene rings is 1. The second kappa shape index (κ2) is 7.42. The molecule has 3 aromatic rings. The van der Waals surface area contributed by atoms with E-state index in [1.54, 1.807) is 24.4 Å². The number of fused-ring (bicyclic) bond motifs is 1. The fraction of sp³-hybridized carbons (Fsp3) is 0.238. The van der Waals surface area contributed by atoms with E-state index in [0.717, 1.165) is 36.3 Å². The van der Waals surface area contributed by atoms with Gasteiger partial charge in [0.2, 0.25) is 0 Å². The van der Waals surface area contributed by atoms with Crippen LogP contribution in [0.15, 0.2) is 53.5 Å². The molecule has 1 aliphatic rings. The predicted molar refractivity (Wildman–Crippen MR) is 103 cm³/mol. The van der Waals surface area contributed by atoms with Crippen LogP contribution in [0.2, 0.25) is 0 Å². The van der Waals surface area contributed by atoms with Crippen molar-refractivity contribution in [2.24, 2.45) is 0 Å². The molecule has 1 aliphatic heterocycles. The minimum absolute atomic E-state index is 0.146. The minimum atomic E-state index is -0.326. The Bertz CT molecular complexity index is 1090. The third-order valence-corrected chi connectivity index (χ3v) is 4.74. The molecule has 0 bridgehead atoms. The topological polar surface area (TPSA) is 55.6 Å². The maximum atomic E-state index is 14.2. The number of rotatable bonds is 4. The molecular formula is C21H20FN3O2. The van der Waals surface area contributed by atoms with E-state index in [4.69, 9.17) is 4.74 Å². The molecule has 5 nitrogen and oxygen atoms in total. The van der Waals surface area contributed by atoms with E-state index in [1.807, 2.05) is 12.1 Å². The lowest BCUT2D eigenvalue weighted by Crippen LogP contribution is -2.22. The summed E-state index contributed by atoms with van der Waals surface area (Å²) in [7, 11) is 1.53. The van der Waals surface area contributed by atoms with Gasteiger partial charge in [0.05, 0.1) is 12.3 Å². The largest absolute Gasteiger partial charge is 0.380 e. The van der Waals surface area contributed by atoms with Gasteiger partial charge < -0.3 is 10.1 Å². The van der Waals surface area contributed by atoms with Crippen LogP contribution in [0.4, 0.5) is 4.39 Å². The van der Waals surface area contributed by atoms with Crippen molar-refractivity contribution >= 4 is 11.2 Å². The van der Waals surface area contributed by atoms with Crippen LogP contribution >= 0.6 is 0 Å². The highest BCUT2D eigenvalue weighted by molar-refractivity contribution is 5.67. The van der Waals surface area contributed by atoms with Gasteiger partial charge in [-0.2, -0.15) is 0 Å². The standard InChI is InChI=1S/C21H20FN3O2/c1-27-13-17-3-2-15(10-18(17)22)16-4-5-20-24-19(11-21(26)25(20)12-16)14-6-8-23-9-7-14/h2-6,10-12,23H,7-9,13H2,1H3. The Kier molecular flexibility index (Phi) is 4.83. The first-order valence-corrected chi connectivity index (χ1v) is 8.87. The van der Waals surface area contributed by atoms with Gasteiger partial charge in [-0.25, -0.2) is 9.37 Å². The number of nitrogens with one attached hydrogen (secondary N) is 1. The number of pyridine rings is 1. The van der Waals surface area contributed by atoms with Gasteiger partial charge in [0, 0.05) is 31.5 Å². The monoisotopic (exact) mass is 365 g/mol. The van der Waals surface area contributed by atoms with Gasteiger partial charge in [0.15, 0.2) is 0 Å². The molecule has 1 aromatic carbocycles. The number of ether oxygens (including phenoxy) is 1. The third kappa shape index (κ3) is 3.54. The number of aromatic nitrogens is 2. The summed E-state index contributed by atoms with van der Waals surface area (Å²) in [5.74, 6) is -0.326. The van der Waals surface area contributed by atoms with Crippen LogP contribution in [-0.2, 0) is 11.3 Å². The zero-order valence-electron chi connectivity index (χ0n) is 15.0. The van der Waals surface area contributed by atoms with Crippen molar-refractivity contribution in [2.45, 2.75) is 13.0 Å². The molecule has 0 unspecified atom stereocenters. The van der Waals surface area contributed by atoms with Gasteiger partial charge in [-0.15, -0.1) is 0 Å². The van der Waals surface area contributed by atoms with E-state index in [0.29, 0.717) is 16.8 Å². The molecule has 27 heavy (non-hydrogen) atoms. The number of methoxy groups -OCH3 is 1. The highest BCUT2D eigenvalue weighted by atomic mass is 19.1. The average Bonchev–Trinajstić information content (AvgIpc) is 2.70. The lowest BCUT2D eigenvalue weighted by molar-refractivity contribution is 0.181. The lowest BCUT2D eigenvalue weighted by atomic mass is 10.0. The number of hydrogen-bond donors (Lipinski definition) is 1. The van der Waals surface area contributed by atoms with Gasteiger partial charge in [-0.05, 0) is 47.9 Å². The van der Waals surface area contributed by atoms with Crippen LogP contribution in [0.25, 0.3) is 22.3 Å². The summed E-state index contributed by atoms with van der Waals surface area (Å²) in [6, 6.07) is 10.2. The van der Waals surface area contributed by atoms with E-state index in [2.05, 4.69) is 16.4 Å². The summed E-state index contributed by atoms with van der Waals surface area (Å²) in [5, 5.41) is 3.25. The molecule has 4 rings (SSSR count). The second-order valence-corrected chi connectivity index (χ2v) is 6.55. The fourth-order valence-corrected chi connectivity index (χ4v) is 3.29. The fourth-order valence-electron chi connectivity index (χ4n) is 3.29. The van der Waals surface area contributed by atoms with Gasteiger partial charge in [0.1, 0.15) is 11.5 Å². The highest BCUT2D eigenvalue weighted by Gasteiger charge is 2.11. The first-order valence-electron chi connectivity index (χ1n) is 8.87. The van der Waals surface area contributed by atoms with Crippen LogP contribution < -0.4 is 10.9 Å². The van der Waals surface area contributed by atoms with E-state index >= 15 is 0 Å². The molecule has 0 atom stereocenters. The molecule has 3 heterocycles. The molecule has 0 amide bonds. The van der Waals surface area contributed by atoms with Crippen molar-refractivity contribution < 1.29 is 9.13 Å². The maximum Gasteiger partial charge on any atom is 0.258 e. The van der Waals surface area contributed by atoms with Crippen molar-refractivity contribution in [3.05, 3.63) is 76.1 Å². The summed E-state index contributed by atoms with van der Waals surface area (Å²) in [4.78, 5) is 17.2. The Labute approximate surface area is 156 Å². The van der Waals surface area contributed by atoms with Crippen LogP contribution in [0.1, 0.15) is 17.7 Å². The van der Waals surface area contributed by atoms with Crippen LogP contribution in [0, 0.1) is 5.82 Å². The van der Waals surface area contributed by atoms with Crippen molar-refractivity contribution in [1.82, 2.24) is 14.7 Å². The van der Waals surface area contributed by atoms with Gasteiger partial charge in [0.25, 0.3) is 5.56 Å². The number of nitrogens with zero attached hydrogens (tertiary/aromatic N) is 2. The molecule has 1 N–H and O–H groups in total. The molecule has 0 spiro atoms. The molecule has 0 radical (unpaired) electrons. The quantitative estimate of drug-likeness (QED) is 0.772. The summed E-state index contributed by atoms with van der Waals surface area (Å²) in [5.41, 5.74) is 4.21. The third-order valence-electron chi connectivity index (χ3n) is 4.74. The van der Waals surface area contributed by atoms with Gasteiger partial charge in [-0.1, -0.05) is 18.2 Å². The zero-order valence-corrected chi connectivity index (χ0v) is 15.0. The SMILES string of the molecule is COCc1ccc(-c2ccc3nc(C4=CCNCC4)cc(=O)n3c2)cc1F. The van der Waals surface area contributed by atoms with Gasteiger partial charge in [-0.3, -0.25) is 9.20 Å². The molecule has 0 saturated heterocycles. The summed E-state index contributed by atoms with van der Waals surface area (Å²) >= 11 is 0. The average molecular weight is 365 g/mol. The summed E-state index contributed by atoms with van der Waals surface area (Å²) in [6.07, 6.45) is 4.63. The van der Waals surface area contributed by atoms with E-state index in [1.165, 1.54) is 17.6 Å². The molecule has 6 heteroatoms. The van der Waals surface area contributed by atoms with Crippen LogP contribution in [0.5, 0.6) is 0 Å².